The third kappa shape index (κ3) is 6.37. The molecule has 0 aromatic carbocycles. The lowest BCUT2D eigenvalue weighted by molar-refractivity contribution is -0.141. The molecule has 0 saturated carbocycles. The number of carboxylic acids is 1. The van der Waals surface area contributed by atoms with Crippen molar-refractivity contribution in [3.8, 4) is 0 Å². The molecule has 1 rings (SSSR count). The van der Waals surface area contributed by atoms with Crippen molar-refractivity contribution in [2.75, 3.05) is 33.2 Å². The topological polar surface area (TPSA) is 60.9 Å². The van der Waals surface area contributed by atoms with Crippen molar-refractivity contribution in [3.63, 3.8) is 0 Å². The number of hydrogen-bond donors (Lipinski definition) is 1. The average Bonchev–Trinajstić information content (AvgIpc) is 2.43. The monoisotopic (exact) mass is 284 g/mol. The van der Waals surface area contributed by atoms with Gasteiger partial charge in [0, 0.05) is 26.1 Å². The zero-order valence-corrected chi connectivity index (χ0v) is 12.8. The van der Waals surface area contributed by atoms with Crippen LogP contribution in [-0.4, -0.2) is 60.0 Å². The van der Waals surface area contributed by atoms with Crippen LogP contribution in [0.25, 0.3) is 0 Å². The number of rotatable bonds is 8. The van der Waals surface area contributed by atoms with Crippen LogP contribution in [0.5, 0.6) is 0 Å². The molecule has 0 aromatic rings. The molecule has 0 aliphatic carbocycles. The molecule has 0 unspecified atom stereocenters. The van der Waals surface area contributed by atoms with Crippen LogP contribution in [0.4, 0.5) is 0 Å². The number of hydrogen-bond acceptors (Lipinski definition) is 3. The molecule has 0 atom stereocenters. The fourth-order valence-electron chi connectivity index (χ4n) is 2.70. The van der Waals surface area contributed by atoms with Crippen LogP contribution in [0.1, 0.15) is 45.4 Å². The van der Waals surface area contributed by atoms with E-state index in [0.29, 0.717) is 5.92 Å². The van der Waals surface area contributed by atoms with Gasteiger partial charge in [-0.3, -0.25) is 9.59 Å². The number of piperidine rings is 1. The Balaban J connectivity index is 2.22. The van der Waals surface area contributed by atoms with Gasteiger partial charge >= 0.3 is 5.97 Å². The Hall–Kier alpha value is -1.10. The van der Waals surface area contributed by atoms with E-state index in [1.165, 1.54) is 12.8 Å². The quantitative estimate of drug-likeness (QED) is 0.738. The van der Waals surface area contributed by atoms with Crippen LogP contribution in [0.15, 0.2) is 0 Å². The summed E-state index contributed by atoms with van der Waals surface area (Å²) in [6.45, 7) is 6.02. The lowest BCUT2D eigenvalue weighted by atomic mass is 9.96. The molecule has 1 amide bonds. The molecule has 1 aliphatic heterocycles. The van der Waals surface area contributed by atoms with Crippen LogP contribution < -0.4 is 0 Å². The maximum Gasteiger partial charge on any atom is 0.303 e. The third-order valence-electron chi connectivity index (χ3n) is 3.98. The second-order valence-corrected chi connectivity index (χ2v) is 5.83. The van der Waals surface area contributed by atoms with Crippen LogP contribution >= 0.6 is 0 Å². The molecule has 116 valence electrons. The minimum absolute atomic E-state index is 0.00909. The second kappa shape index (κ2) is 8.95. The maximum absolute atomic E-state index is 11.8. The van der Waals surface area contributed by atoms with Gasteiger partial charge in [-0.15, -0.1) is 0 Å². The molecule has 20 heavy (non-hydrogen) atoms. The Morgan fingerprint density at radius 2 is 1.90 bits per heavy atom. The van der Waals surface area contributed by atoms with E-state index in [-0.39, 0.29) is 18.7 Å². The van der Waals surface area contributed by atoms with Gasteiger partial charge in [-0.2, -0.15) is 0 Å². The van der Waals surface area contributed by atoms with Crippen LogP contribution in [0, 0.1) is 5.92 Å². The number of carbonyl (C=O) groups excluding carboxylic acids is 1. The van der Waals surface area contributed by atoms with Gasteiger partial charge in [-0.25, -0.2) is 0 Å². The van der Waals surface area contributed by atoms with E-state index in [0.717, 1.165) is 39.0 Å². The SMILES string of the molecule is CCCCN(C)CC1CCN(C(=O)CCC(=O)O)CC1. The van der Waals surface area contributed by atoms with Gasteiger partial charge in [0.25, 0.3) is 0 Å². The van der Waals surface area contributed by atoms with Crippen LogP contribution in [0.3, 0.4) is 0 Å². The van der Waals surface area contributed by atoms with Crippen molar-refractivity contribution in [2.24, 2.45) is 5.92 Å². The van der Waals surface area contributed by atoms with Gasteiger partial charge in [0.05, 0.1) is 6.42 Å². The highest BCUT2D eigenvalue weighted by Crippen LogP contribution is 2.19. The standard InChI is InChI=1S/C15H28N2O3/c1-3-4-9-16(2)12-13-7-10-17(11-8-13)14(18)5-6-15(19)20/h13H,3-12H2,1-2H3,(H,19,20). The van der Waals surface area contributed by atoms with Gasteiger partial charge in [0.15, 0.2) is 0 Å². The molecule has 5 nitrogen and oxygen atoms in total. The summed E-state index contributed by atoms with van der Waals surface area (Å²) in [5.41, 5.74) is 0. The summed E-state index contributed by atoms with van der Waals surface area (Å²) in [6, 6.07) is 0. The van der Waals surface area contributed by atoms with Crippen LogP contribution in [-0.2, 0) is 9.59 Å². The van der Waals surface area contributed by atoms with Gasteiger partial charge in [-0.1, -0.05) is 13.3 Å². The smallest absolute Gasteiger partial charge is 0.303 e. The summed E-state index contributed by atoms with van der Waals surface area (Å²) in [5.74, 6) is -0.239. The van der Waals surface area contributed by atoms with E-state index >= 15 is 0 Å². The number of unbranched alkanes of at least 4 members (excludes halogenated alkanes) is 1. The fraction of sp³-hybridized carbons (Fsp3) is 0.867. The van der Waals surface area contributed by atoms with E-state index in [1.807, 2.05) is 4.90 Å². The van der Waals surface area contributed by atoms with Crippen molar-refractivity contribution < 1.29 is 14.7 Å². The molecule has 0 aromatic heterocycles. The number of carbonyl (C=O) groups is 2. The van der Waals surface area contributed by atoms with E-state index in [9.17, 15) is 9.59 Å². The summed E-state index contributed by atoms with van der Waals surface area (Å²) in [7, 11) is 2.17. The van der Waals surface area contributed by atoms with Crippen molar-refractivity contribution in [1.82, 2.24) is 9.80 Å². The molecule has 1 saturated heterocycles. The van der Waals surface area contributed by atoms with E-state index < -0.39 is 5.97 Å². The van der Waals surface area contributed by atoms with Crippen LogP contribution in [0.2, 0.25) is 0 Å². The van der Waals surface area contributed by atoms with E-state index in [1.54, 1.807) is 0 Å². The third-order valence-corrected chi connectivity index (χ3v) is 3.98. The molecule has 1 aliphatic rings. The summed E-state index contributed by atoms with van der Waals surface area (Å²) >= 11 is 0. The molecular weight excluding hydrogens is 256 g/mol. The molecular formula is C15H28N2O3. The summed E-state index contributed by atoms with van der Waals surface area (Å²) in [4.78, 5) is 26.5. The van der Waals surface area contributed by atoms with Gasteiger partial charge in [0.1, 0.15) is 0 Å². The predicted octanol–water partition coefficient (Wildman–Crippen LogP) is 1.82. The van der Waals surface area contributed by atoms with Crippen molar-refractivity contribution in [2.45, 2.75) is 45.4 Å². The predicted molar refractivity (Wildman–Crippen MR) is 78.6 cm³/mol. The highest BCUT2D eigenvalue weighted by molar-refractivity contribution is 5.80. The summed E-state index contributed by atoms with van der Waals surface area (Å²) < 4.78 is 0. The Kier molecular flexibility index (Phi) is 7.59. The molecule has 1 heterocycles. The van der Waals surface area contributed by atoms with E-state index in [4.69, 9.17) is 5.11 Å². The Morgan fingerprint density at radius 1 is 1.25 bits per heavy atom. The van der Waals surface area contributed by atoms with Crippen molar-refractivity contribution >= 4 is 11.9 Å². The first-order valence-electron chi connectivity index (χ1n) is 7.71. The molecule has 1 N–H and O–H groups in total. The molecule has 1 fully saturated rings. The van der Waals surface area contributed by atoms with Gasteiger partial charge in [-0.05, 0) is 38.8 Å². The Morgan fingerprint density at radius 3 is 2.45 bits per heavy atom. The van der Waals surface area contributed by atoms with Gasteiger partial charge < -0.3 is 14.9 Å². The highest BCUT2D eigenvalue weighted by atomic mass is 16.4. The number of likely N-dealkylation sites (tertiary alicyclic amines) is 1. The minimum atomic E-state index is -0.897. The zero-order chi connectivity index (χ0) is 15.0. The Labute approximate surface area is 121 Å². The Bertz CT molecular complexity index is 312. The largest absolute Gasteiger partial charge is 0.481 e. The average molecular weight is 284 g/mol. The second-order valence-electron chi connectivity index (χ2n) is 5.83. The first kappa shape index (κ1) is 17.0. The number of aliphatic carboxylic acids is 1. The highest BCUT2D eigenvalue weighted by Gasteiger charge is 2.23. The molecule has 0 bridgehead atoms. The zero-order valence-electron chi connectivity index (χ0n) is 12.8. The molecule has 0 spiro atoms. The van der Waals surface area contributed by atoms with Crippen molar-refractivity contribution in [3.05, 3.63) is 0 Å². The number of nitrogens with zero attached hydrogens (tertiary/aromatic N) is 2. The first-order chi connectivity index (χ1) is 9.52. The molecule has 5 heteroatoms. The minimum Gasteiger partial charge on any atom is -0.481 e. The number of carboxylic acid groups (broad SMARTS) is 1. The maximum atomic E-state index is 11.8. The summed E-state index contributed by atoms with van der Waals surface area (Å²) in [5, 5.41) is 8.60. The fourth-order valence-corrected chi connectivity index (χ4v) is 2.70. The molecule has 0 radical (unpaired) electrons. The normalized spacial score (nSPS) is 16.6. The first-order valence-corrected chi connectivity index (χ1v) is 7.71. The summed E-state index contributed by atoms with van der Waals surface area (Å²) in [6.07, 6.45) is 4.61. The number of amides is 1. The van der Waals surface area contributed by atoms with Gasteiger partial charge in [0.2, 0.25) is 5.91 Å². The van der Waals surface area contributed by atoms with Crippen molar-refractivity contribution in [1.29, 1.82) is 0 Å². The lowest BCUT2D eigenvalue weighted by Gasteiger charge is -2.34. The van der Waals surface area contributed by atoms with E-state index in [2.05, 4.69) is 18.9 Å². The lowest BCUT2D eigenvalue weighted by Crippen LogP contribution is -2.41.